The Labute approximate surface area is 82.2 Å². The van der Waals surface area contributed by atoms with Crippen molar-refractivity contribution in [1.29, 1.82) is 0 Å². The van der Waals surface area contributed by atoms with Gasteiger partial charge in [-0.05, 0) is 35.7 Å². The van der Waals surface area contributed by atoms with E-state index in [1.54, 1.807) is 12.1 Å². The molecule has 0 heterocycles. The molecule has 2 aliphatic rings. The largest absolute Gasteiger partial charge is 0.478 e. The van der Waals surface area contributed by atoms with Crippen molar-refractivity contribution in [3.63, 3.8) is 0 Å². The molecule has 0 amide bonds. The average Bonchev–Trinajstić information content (AvgIpc) is 2.34. The van der Waals surface area contributed by atoms with Gasteiger partial charge < -0.3 is 5.11 Å². The van der Waals surface area contributed by atoms with Crippen LogP contribution in [-0.4, -0.2) is 11.1 Å². The van der Waals surface area contributed by atoms with Crippen LogP contribution in [0.4, 0.5) is 0 Å². The van der Waals surface area contributed by atoms with Gasteiger partial charge in [0.25, 0.3) is 0 Å². The zero-order valence-corrected chi connectivity index (χ0v) is 7.82. The molecule has 0 aromatic carbocycles. The predicted molar refractivity (Wildman–Crippen MR) is 54.8 cm³/mol. The topological polar surface area (TPSA) is 37.3 Å². The molecule has 70 valence electrons. The highest BCUT2D eigenvalue weighted by Gasteiger charge is 2.05. The number of carboxylic acid groups (broad SMARTS) is 1. The van der Waals surface area contributed by atoms with Crippen LogP contribution in [0.3, 0.4) is 0 Å². The second kappa shape index (κ2) is 3.14. The lowest BCUT2D eigenvalue weighted by atomic mass is 10.2. The van der Waals surface area contributed by atoms with E-state index >= 15 is 0 Å². The SMILES string of the molecule is Cc1cc2ccc(C(=O)O)ccc-2c1. The predicted octanol–water partition coefficient (Wildman–Crippen LogP) is 2.80. The molecule has 1 N–H and O–H groups in total. The van der Waals surface area contributed by atoms with Crippen LogP contribution in [-0.2, 0) is 0 Å². The highest BCUT2D eigenvalue weighted by molar-refractivity contribution is 5.88. The molecule has 14 heavy (non-hydrogen) atoms. The van der Waals surface area contributed by atoms with Crippen molar-refractivity contribution < 1.29 is 9.90 Å². The van der Waals surface area contributed by atoms with Crippen molar-refractivity contribution in [3.8, 4) is 11.1 Å². The van der Waals surface area contributed by atoms with Gasteiger partial charge in [0.2, 0.25) is 0 Å². The van der Waals surface area contributed by atoms with Crippen LogP contribution >= 0.6 is 0 Å². The number of carbonyl (C=O) groups is 1. The Bertz CT molecular complexity index is 426. The van der Waals surface area contributed by atoms with E-state index in [4.69, 9.17) is 5.11 Å². The Kier molecular flexibility index (Phi) is 1.97. The van der Waals surface area contributed by atoms with Gasteiger partial charge in [-0.1, -0.05) is 24.3 Å². The summed E-state index contributed by atoms with van der Waals surface area (Å²) in [6.45, 7) is 2.03. The summed E-state index contributed by atoms with van der Waals surface area (Å²) in [6, 6.07) is 11.0. The lowest BCUT2D eigenvalue weighted by Gasteiger charge is -1.85. The van der Waals surface area contributed by atoms with Gasteiger partial charge in [0.15, 0.2) is 0 Å². The number of aryl methyl sites for hydroxylation is 1. The number of hydrogen-bond donors (Lipinski definition) is 1. The summed E-state index contributed by atoms with van der Waals surface area (Å²) in [5.41, 5.74) is 3.67. The van der Waals surface area contributed by atoms with E-state index in [0.717, 1.165) is 11.1 Å². The molecule has 0 aromatic rings. The van der Waals surface area contributed by atoms with Crippen molar-refractivity contribution in [2.45, 2.75) is 6.92 Å². The zero-order valence-electron chi connectivity index (χ0n) is 7.82. The fourth-order valence-corrected chi connectivity index (χ4v) is 1.54. The highest BCUT2D eigenvalue weighted by Crippen LogP contribution is 2.24. The minimum Gasteiger partial charge on any atom is -0.478 e. The van der Waals surface area contributed by atoms with Crippen LogP contribution < -0.4 is 0 Å². The van der Waals surface area contributed by atoms with E-state index in [9.17, 15) is 4.79 Å². The third kappa shape index (κ3) is 1.46. The fourth-order valence-electron chi connectivity index (χ4n) is 1.54. The van der Waals surface area contributed by atoms with Gasteiger partial charge in [-0.3, -0.25) is 0 Å². The lowest BCUT2D eigenvalue weighted by Crippen LogP contribution is -1.92. The average molecular weight is 186 g/mol. The molecule has 0 spiro atoms. The van der Waals surface area contributed by atoms with Crippen LogP contribution in [0.5, 0.6) is 0 Å². The summed E-state index contributed by atoms with van der Waals surface area (Å²) in [5.74, 6) is -0.889. The normalized spacial score (nSPS) is 10.4. The second-order valence-corrected chi connectivity index (χ2v) is 3.37. The molecule has 0 atom stereocenters. The maximum Gasteiger partial charge on any atom is 0.335 e. The molecule has 0 aromatic heterocycles. The Morgan fingerprint density at radius 3 is 2.00 bits per heavy atom. The van der Waals surface area contributed by atoms with Gasteiger partial charge in [0, 0.05) is 0 Å². The van der Waals surface area contributed by atoms with Crippen molar-refractivity contribution in [2.24, 2.45) is 0 Å². The molecule has 2 rings (SSSR count). The maximum absolute atomic E-state index is 10.7. The van der Waals surface area contributed by atoms with Crippen LogP contribution in [0.25, 0.3) is 11.1 Å². The third-order valence-corrected chi connectivity index (χ3v) is 2.23. The van der Waals surface area contributed by atoms with Gasteiger partial charge in [0.1, 0.15) is 0 Å². The van der Waals surface area contributed by atoms with E-state index in [1.165, 1.54) is 5.56 Å². The quantitative estimate of drug-likeness (QED) is 0.743. The number of carboxylic acids is 1. The molecule has 0 aliphatic heterocycles. The first-order chi connectivity index (χ1) is 6.66. The standard InChI is InChI=1S/C12H10O2/c1-8-6-10-4-2-9(12(13)14)3-5-11(10)7-8/h2-7H,1H3,(H,13,14). The van der Waals surface area contributed by atoms with Gasteiger partial charge in [-0.15, -0.1) is 0 Å². The van der Waals surface area contributed by atoms with Crippen LogP contribution in [0.1, 0.15) is 15.9 Å². The van der Waals surface area contributed by atoms with E-state index in [1.807, 2.05) is 31.2 Å². The van der Waals surface area contributed by atoms with Crippen LogP contribution in [0.2, 0.25) is 0 Å². The molecular formula is C12H10O2. The lowest BCUT2D eigenvalue weighted by molar-refractivity contribution is 0.0697. The van der Waals surface area contributed by atoms with E-state index in [2.05, 4.69) is 0 Å². The van der Waals surface area contributed by atoms with E-state index < -0.39 is 5.97 Å². The molecule has 0 fully saturated rings. The van der Waals surface area contributed by atoms with Crippen molar-refractivity contribution in [2.75, 3.05) is 0 Å². The van der Waals surface area contributed by atoms with E-state index in [0.29, 0.717) is 5.56 Å². The summed E-state index contributed by atoms with van der Waals surface area (Å²) >= 11 is 0. The van der Waals surface area contributed by atoms with Crippen molar-refractivity contribution in [1.82, 2.24) is 0 Å². The molecule has 0 radical (unpaired) electrons. The summed E-state index contributed by atoms with van der Waals surface area (Å²) in [4.78, 5) is 10.7. The summed E-state index contributed by atoms with van der Waals surface area (Å²) in [5, 5.41) is 8.79. The molecule has 2 heteroatoms. The molecular weight excluding hydrogens is 176 g/mol. The second-order valence-electron chi connectivity index (χ2n) is 3.37. The number of hydrogen-bond acceptors (Lipinski definition) is 1. The first kappa shape index (κ1) is 8.75. The maximum atomic E-state index is 10.7. The van der Waals surface area contributed by atoms with Gasteiger partial charge >= 0.3 is 5.97 Å². The molecule has 2 aliphatic carbocycles. The van der Waals surface area contributed by atoms with Gasteiger partial charge in [-0.25, -0.2) is 4.79 Å². The minimum absolute atomic E-state index is 0.318. The first-order valence-electron chi connectivity index (χ1n) is 4.40. The molecule has 0 unspecified atom stereocenters. The number of fused-ring (bicyclic) bond motifs is 1. The van der Waals surface area contributed by atoms with Crippen LogP contribution in [0, 0.1) is 6.92 Å². The smallest absolute Gasteiger partial charge is 0.335 e. The summed E-state index contributed by atoms with van der Waals surface area (Å²) in [6.07, 6.45) is 0. The van der Waals surface area contributed by atoms with Crippen molar-refractivity contribution >= 4 is 5.97 Å². The number of rotatable bonds is 1. The monoisotopic (exact) mass is 186 g/mol. The Morgan fingerprint density at radius 1 is 1.07 bits per heavy atom. The van der Waals surface area contributed by atoms with Gasteiger partial charge in [-0.2, -0.15) is 0 Å². The summed E-state index contributed by atoms with van der Waals surface area (Å²) in [7, 11) is 0. The minimum atomic E-state index is -0.889. The first-order valence-corrected chi connectivity index (χ1v) is 4.40. The third-order valence-electron chi connectivity index (χ3n) is 2.23. The molecule has 0 saturated heterocycles. The Morgan fingerprint density at radius 2 is 1.57 bits per heavy atom. The molecule has 0 saturated carbocycles. The van der Waals surface area contributed by atoms with Crippen molar-refractivity contribution in [3.05, 3.63) is 47.5 Å². The Hall–Kier alpha value is -1.83. The summed E-state index contributed by atoms with van der Waals surface area (Å²) < 4.78 is 0. The van der Waals surface area contributed by atoms with Gasteiger partial charge in [0.05, 0.1) is 5.56 Å². The number of aromatic carboxylic acids is 1. The molecule has 2 nitrogen and oxygen atoms in total. The Balaban J connectivity index is 2.61. The van der Waals surface area contributed by atoms with E-state index in [-0.39, 0.29) is 0 Å². The fraction of sp³-hybridized carbons (Fsp3) is 0.0833. The zero-order chi connectivity index (χ0) is 10.1. The molecule has 0 bridgehead atoms. The highest BCUT2D eigenvalue weighted by atomic mass is 16.4. The van der Waals surface area contributed by atoms with Crippen LogP contribution in [0.15, 0.2) is 36.4 Å².